The van der Waals surface area contributed by atoms with E-state index in [9.17, 15) is 26.4 Å². The highest BCUT2D eigenvalue weighted by atomic mass is 32.2. The van der Waals surface area contributed by atoms with Gasteiger partial charge in [-0.15, -0.1) is 0 Å². The molecule has 0 atom stereocenters. The number of esters is 1. The molecule has 1 aliphatic heterocycles. The summed E-state index contributed by atoms with van der Waals surface area (Å²) in [6, 6.07) is 19.4. The number of halogens is 3. The number of alkyl halides is 3. The van der Waals surface area contributed by atoms with Crippen molar-refractivity contribution in [3.63, 3.8) is 0 Å². The fourth-order valence-corrected chi connectivity index (χ4v) is 7.83. The predicted molar refractivity (Wildman–Crippen MR) is 103 cm³/mol. The Morgan fingerprint density at radius 2 is 1.33 bits per heavy atom. The second-order valence-electron chi connectivity index (χ2n) is 6.42. The zero-order valence-corrected chi connectivity index (χ0v) is 16.9. The molecule has 0 aliphatic carbocycles. The number of carbonyl (C=O) groups is 1. The van der Waals surface area contributed by atoms with Crippen molar-refractivity contribution in [1.29, 1.82) is 0 Å². The van der Waals surface area contributed by atoms with Gasteiger partial charge in [0.2, 0.25) is 9.84 Å². The Balaban J connectivity index is 1.74. The van der Waals surface area contributed by atoms with E-state index in [1.165, 1.54) is 12.1 Å². The molecule has 4 nitrogen and oxygen atoms in total. The van der Waals surface area contributed by atoms with Gasteiger partial charge in [0.05, 0.1) is 5.56 Å². The summed E-state index contributed by atoms with van der Waals surface area (Å²) in [6.45, 7) is -1.66. The van der Waals surface area contributed by atoms with Crippen molar-refractivity contribution in [2.24, 2.45) is 0 Å². The van der Waals surface area contributed by atoms with E-state index in [0.717, 1.165) is 4.90 Å². The van der Waals surface area contributed by atoms with Crippen molar-refractivity contribution < 1.29 is 31.1 Å². The molecular weight excluding hydrogens is 437 g/mol. The third-order valence-electron chi connectivity index (χ3n) is 4.41. The maximum atomic E-state index is 13.0. The van der Waals surface area contributed by atoms with Gasteiger partial charge in [0.1, 0.15) is 20.7 Å². The summed E-state index contributed by atoms with van der Waals surface area (Å²) in [6.07, 6.45) is -4.60. The fraction of sp³-hybridized carbons (Fsp3) is 0.0952. The number of sulfone groups is 1. The van der Waals surface area contributed by atoms with Crippen LogP contribution in [-0.4, -0.2) is 27.2 Å². The van der Waals surface area contributed by atoms with Crippen LogP contribution in [-0.2, 0) is 25.5 Å². The zero-order chi connectivity index (χ0) is 21.5. The molecule has 0 bridgehead atoms. The van der Waals surface area contributed by atoms with E-state index in [2.05, 4.69) is 4.74 Å². The van der Waals surface area contributed by atoms with Gasteiger partial charge in [-0.3, -0.25) is 0 Å². The zero-order valence-electron chi connectivity index (χ0n) is 15.2. The third-order valence-corrected chi connectivity index (χ3v) is 8.87. The summed E-state index contributed by atoms with van der Waals surface area (Å²) in [5, 5.41) is 0. The molecule has 1 aliphatic rings. The quantitative estimate of drug-likeness (QED) is 0.336. The average Bonchev–Trinajstić information content (AvgIpc) is 2.72. The van der Waals surface area contributed by atoms with Crippen LogP contribution in [0.5, 0.6) is 0 Å². The topological polar surface area (TPSA) is 60.4 Å². The predicted octanol–water partition coefficient (Wildman–Crippen LogP) is 4.65. The SMILES string of the molecule is O=C(OCC(F)(F)F)c1ccc([S+]2c3ccccc3S(=O)(=O)c3ccccc32)cc1. The van der Waals surface area contributed by atoms with Crippen molar-refractivity contribution in [2.75, 3.05) is 6.61 Å². The first kappa shape index (κ1) is 20.5. The van der Waals surface area contributed by atoms with Gasteiger partial charge < -0.3 is 4.74 Å². The number of rotatable bonds is 3. The van der Waals surface area contributed by atoms with Crippen LogP contribution in [0.3, 0.4) is 0 Å². The number of hydrogen-bond acceptors (Lipinski definition) is 4. The van der Waals surface area contributed by atoms with Crippen LogP contribution in [0.25, 0.3) is 0 Å². The van der Waals surface area contributed by atoms with Gasteiger partial charge in [0.15, 0.2) is 21.3 Å². The van der Waals surface area contributed by atoms with Gasteiger partial charge in [-0.25, -0.2) is 13.2 Å². The Labute approximate surface area is 173 Å². The maximum absolute atomic E-state index is 13.0. The number of hydrogen-bond donors (Lipinski definition) is 0. The molecular formula is C21H14F3O4S2+. The van der Waals surface area contributed by atoms with E-state index in [4.69, 9.17) is 0 Å². The minimum atomic E-state index is -4.60. The lowest BCUT2D eigenvalue weighted by atomic mass is 10.2. The summed E-state index contributed by atoms with van der Waals surface area (Å²) in [7, 11) is -4.41. The number of fused-ring (bicyclic) bond motifs is 2. The van der Waals surface area contributed by atoms with E-state index in [-0.39, 0.29) is 15.4 Å². The average molecular weight is 451 g/mol. The van der Waals surface area contributed by atoms with Crippen LogP contribution in [0.4, 0.5) is 13.2 Å². The standard InChI is InChI=1S/C21H14F3O4S2/c22-21(23,24)13-28-20(25)14-9-11-15(12-10-14)29-16-5-1-3-7-18(16)30(26,27)19-8-4-2-6-17(19)29/h1-12H,13H2/q+1. The smallest absolute Gasteiger partial charge is 0.422 e. The number of benzene rings is 3. The number of ether oxygens (including phenoxy) is 1. The van der Waals surface area contributed by atoms with E-state index in [1.54, 1.807) is 60.7 Å². The van der Waals surface area contributed by atoms with Gasteiger partial charge >= 0.3 is 12.1 Å². The van der Waals surface area contributed by atoms with Crippen molar-refractivity contribution in [1.82, 2.24) is 0 Å². The summed E-state index contributed by atoms with van der Waals surface area (Å²) in [4.78, 5) is 14.3. The van der Waals surface area contributed by atoms with Crippen LogP contribution in [0.15, 0.2) is 97.3 Å². The fourth-order valence-electron chi connectivity index (χ4n) is 3.13. The molecule has 30 heavy (non-hydrogen) atoms. The van der Waals surface area contributed by atoms with Crippen LogP contribution in [0, 0.1) is 0 Å². The Morgan fingerprint density at radius 3 is 1.83 bits per heavy atom. The Bertz CT molecular complexity index is 1170. The Kier molecular flexibility index (Phi) is 5.11. The van der Waals surface area contributed by atoms with E-state index in [0.29, 0.717) is 9.79 Å². The molecule has 0 amide bonds. The molecule has 1 heterocycles. The number of carbonyl (C=O) groups excluding carboxylic acids is 1. The third kappa shape index (κ3) is 3.70. The molecule has 0 saturated carbocycles. The van der Waals surface area contributed by atoms with Crippen LogP contribution >= 0.6 is 0 Å². The molecule has 0 radical (unpaired) electrons. The molecule has 3 aromatic rings. The highest BCUT2D eigenvalue weighted by molar-refractivity contribution is 8.00. The molecule has 0 aromatic heterocycles. The van der Waals surface area contributed by atoms with Gasteiger partial charge in [0.25, 0.3) is 0 Å². The molecule has 0 N–H and O–H groups in total. The summed E-state index contributed by atoms with van der Waals surface area (Å²) >= 11 is 0. The first-order valence-corrected chi connectivity index (χ1v) is 11.4. The molecule has 9 heteroatoms. The Morgan fingerprint density at radius 1 is 0.833 bits per heavy atom. The lowest BCUT2D eigenvalue weighted by Crippen LogP contribution is -2.21. The van der Waals surface area contributed by atoms with Gasteiger partial charge in [-0.1, -0.05) is 24.3 Å². The molecule has 154 valence electrons. The summed E-state index contributed by atoms with van der Waals surface area (Å²) in [5.74, 6) is -1.07. The van der Waals surface area contributed by atoms with Crippen molar-refractivity contribution in [2.45, 2.75) is 30.7 Å². The minimum absolute atomic E-state index is 0.0159. The van der Waals surface area contributed by atoms with Crippen LogP contribution < -0.4 is 0 Å². The van der Waals surface area contributed by atoms with Gasteiger partial charge in [-0.05, 0) is 48.5 Å². The second-order valence-corrected chi connectivity index (χ2v) is 10.3. The summed E-state index contributed by atoms with van der Waals surface area (Å²) in [5.41, 5.74) is -0.0159. The van der Waals surface area contributed by atoms with Crippen LogP contribution in [0.1, 0.15) is 10.4 Å². The highest BCUT2D eigenvalue weighted by Gasteiger charge is 2.44. The van der Waals surface area contributed by atoms with Crippen molar-refractivity contribution >= 4 is 26.7 Å². The summed E-state index contributed by atoms with van der Waals surface area (Å²) < 4.78 is 67.1. The molecule has 0 spiro atoms. The highest BCUT2D eigenvalue weighted by Crippen LogP contribution is 2.44. The lowest BCUT2D eigenvalue weighted by molar-refractivity contribution is -0.161. The molecule has 0 fully saturated rings. The van der Waals surface area contributed by atoms with Crippen molar-refractivity contribution in [3.05, 3.63) is 78.4 Å². The van der Waals surface area contributed by atoms with Crippen molar-refractivity contribution in [3.8, 4) is 0 Å². The van der Waals surface area contributed by atoms with Gasteiger partial charge in [0, 0.05) is 0 Å². The van der Waals surface area contributed by atoms with E-state index >= 15 is 0 Å². The first-order valence-electron chi connectivity index (χ1n) is 8.70. The first-order chi connectivity index (χ1) is 14.2. The minimum Gasteiger partial charge on any atom is -0.452 e. The molecule has 0 saturated heterocycles. The van der Waals surface area contributed by atoms with E-state index in [1.807, 2.05) is 0 Å². The Hall–Kier alpha value is -2.78. The normalized spacial score (nSPS) is 15.2. The molecule has 4 rings (SSSR count). The second kappa shape index (κ2) is 7.48. The maximum Gasteiger partial charge on any atom is 0.422 e. The largest absolute Gasteiger partial charge is 0.452 e. The monoisotopic (exact) mass is 451 g/mol. The van der Waals surface area contributed by atoms with E-state index < -0.39 is 39.5 Å². The molecule has 0 unspecified atom stereocenters. The lowest BCUT2D eigenvalue weighted by Gasteiger charge is -2.19. The van der Waals surface area contributed by atoms with Crippen LogP contribution in [0.2, 0.25) is 0 Å². The molecule has 3 aromatic carbocycles. The van der Waals surface area contributed by atoms with Gasteiger partial charge in [-0.2, -0.15) is 13.2 Å².